The Balaban J connectivity index is 2.05. The maximum Gasteiger partial charge on any atom is 0.322 e. The summed E-state index contributed by atoms with van der Waals surface area (Å²) in [4.78, 5) is 20.3. The van der Waals surface area contributed by atoms with E-state index in [1.165, 1.54) is 16.7 Å². The molecule has 3 rings (SSSR count). The minimum atomic E-state index is -3.42. The predicted octanol–water partition coefficient (Wildman–Crippen LogP) is 4.04. The molecule has 2 heterocycles. The summed E-state index contributed by atoms with van der Waals surface area (Å²) in [6.45, 7) is 5.61. The van der Waals surface area contributed by atoms with Gasteiger partial charge in [0, 0.05) is 24.9 Å². The topological polar surface area (TPSA) is 91.1 Å². The highest BCUT2D eigenvalue weighted by molar-refractivity contribution is 7.90. The zero-order valence-electron chi connectivity index (χ0n) is 18.5. The number of sulfone groups is 1. The van der Waals surface area contributed by atoms with Crippen LogP contribution in [-0.2, 0) is 22.6 Å². The monoisotopic (exact) mass is 459 g/mol. The Kier molecular flexibility index (Phi) is 7.08. The number of pyridine rings is 1. The molecule has 2 aromatic heterocycles. The molecule has 0 aliphatic rings. The molecule has 1 aromatic carbocycles. The third kappa shape index (κ3) is 6.00. The van der Waals surface area contributed by atoms with Crippen molar-refractivity contribution in [3.05, 3.63) is 70.0 Å². The number of hydrogen-bond donors (Lipinski definition) is 0. The standard InChI is InChI=1S/C23H26FN3O4S/c1-15(2)10-11-32(29,30)14-18-12-20(17-8-9-21(28)27(4)13-17)26-23(25-18)31-22-16(3)6-5-7-19(22)24/h5-9,12-13,15H,10-11,14H2,1-4H3. The second-order valence-electron chi connectivity index (χ2n) is 8.16. The Hall–Kier alpha value is -3.07. The van der Waals surface area contributed by atoms with Gasteiger partial charge in [-0.1, -0.05) is 26.0 Å². The van der Waals surface area contributed by atoms with Crippen molar-refractivity contribution in [3.63, 3.8) is 0 Å². The smallest absolute Gasteiger partial charge is 0.322 e. The van der Waals surface area contributed by atoms with Crippen molar-refractivity contribution in [2.24, 2.45) is 13.0 Å². The van der Waals surface area contributed by atoms with Crippen molar-refractivity contribution < 1.29 is 17.5 Å². The van der Waals surface area contributed by atoms with Gasteiger partial charge in [0.05, 0.1) is 22.9 Å². The second-order valence-corrected chi connectivity index (χ2v) is 10.3. The first-order chi connectivity index (χ1) is 15.0. The molecule has 0 saturated carbocycles. The molecule has 0 unspecified atom stereocenters. The molecule has 170 valence electrons. The zero-order chi connectivity index (χ0) is 23.5. The number of aromatic nitrogens is 3. The molecule has 0 spiro atoms. The van der Waals surface area contributed by atoms with Crippen molar-refractivity contribution in [2.45, 2.75) is 32.9 Å². The lowest BCUT2D eigenvalue weighted by atomic mass is 10.2. The van der Waals surface area contributed by atoms with Gasteiger partial charge >= 0.3 is 6.01 Å². The van der Waals surface area contributed by atoms with Gasteiger partial charge in [0.15, 0.2) is 21.4 Å². The van der Waals surface area contributed by atoms with Crippen LogP contribution in [0.3, 0.4) is 0 Å². The van der Waals surface area contributed by atoms with Gasteiger partial charge in [-0.25, -0.2) is 12.8 Å². The molecule has 0 aliphatic carbocycles. The summed E-state index contributed by atoms with van der Waals surface area (Å²) in [5.41, 5.74) is 1.53. The number of aryl methyl sites for hydroxylation is 2. The molecular weight excluding hydrogens is 433 g/mol. The number of para-hydroxylation sites is 1. The second kappa shape index (κ2) is 9.60. The van der Waals surface area contributed by atoms with E-state index in [1.807, 2.05) is 13.8 Å². The summed E-state index contributed by atoms with van der Waals surface area (Å²) in [7, 11) is -1.82. The summed E-state index contributed by atoms with van der Waals surface area (Å²) < 4.78 is 46.6. The van der Waals surface area contributed by atoms with E-state index in [-0.39, 0.29) is 40.4 Å². The number of ether oxygens (including phenoxy) is 1. The van der Waals surface area contributed by atoms with E-state index in [0.29, 0.717) is 23.2 Å². The minimum Gasteiger partial charge on any atom is -0.421 e. The highest BCUT2D eigenvalue weighted by Crippen LogP contribution is 2.28. The van der Waals surface area contributed by atoms with E-state index in [2.05, 4.69) is 9.97 Å². The lowest BCUT2D eigenvalue weighted by Crippen LogP contribution is -2.15. The summed E-state index contributed by atoms with van der Waals surface area (Å²) >= 11 is 0. The summed E-state index contributed by atoms with van der Waals surface area (Å²) in [5.74, 6) is -0.620. The predicted molar refractivity (Wildman–Crippen MR) is 121 cm³/mol. The maximum absolute atomic E-state index is 14.3. The molecule has 0 fully saturated rings. The lowest BCUT2D eigenvalue weighted by molar-refractivity contribution is 0.407. The molecule has 7 nitrogen and oxygen atoms in total. The molecule has 0 N–H and O–H groups in total. The minimum absolute atomic E-state index is 0.0290. The molecule has 9 heteroatoms. The molecule has 0 radical (unpaired) electrons. The highest BCUT2D eigenvalue weighted by atomic mass is 32.2. The van der Waals surface area contributed by atoms with Gasteiger partial charge in [0.25, 0.3) is 0 Å². The fourth-order valence-electron chi connectivity index (χ4n) is 3.04. The quantitative estimate of drug-likeness (QED) is 0.505. The van der Waals surface area contributed by atoms with Crippen molar-refractivity contribution >= 4 is 9.84 Å². The van der Waals surface area contributed by atoms with Crippen molar-refractivity contribution in [1.29, 1.82) is 0 Å². The summed E-state index contributed by atoms with van der Waals surface area (Å²) in [5, 5.41) is 0. The Bertz CT molecular complexity index is 1270. The molecule has 3 aromatic rings. The SMILES string of the molecule is Cc1cccc(F)c1Oc1nc(CS(=O)(=O)CCC(C)C)cc(-c2ccc(=O)n(C)c2)n1. The molecule has 0 atom stereocenters. The largest absolute Gasteiger partial charge is 0.421 e. The first kappa shape index (κ1) is 23.6. The third-order valence-corrected chi connectivity index (χ3v) is 6.46. The Labute approximate surface area is 186 Å². The Morgan fingerprint density at radius 3 is 2.56 bits per heavy atom. The van der Waals surface area contributed by atoms with E-state index < -0.39 is 15.7 Å². The number of halogens is 1. The average Bonchev–Trinajstić information content (AvgIpc) is 2.71. The molecule has 0 bridgehead atoms. The van der Waals surface area contributed by atoms with Crippen LogP contribution in [0.25, 0.3) is 11.3 Å². The van der Waals surface area contributed by atoms with Crippen LogP contribution in [0.15, 0.2) is 47.4 Å². The fraction of sp³-hybridized carbons (Fsp3) is 0.348. The number of benzene rings is 1. The van der Waals surface area contributed by atoms with Crippen LogP contribution in [0.1, 0.15) is 31.5 Å². The first-order valence-electron chi connectivity index (χ1n) is 10.2. The van der Waals surface area contributed by atoms with Gasteiger partial charge in [-0.3, -0.25) is 4.79 Å². The van der Waals surface area contributed by atoms with Gasteiger partial charge in [-0.05, 0) is 43.0 Å². The number of rotatable bonds is 8. The Morgan fingerprint density at radius 1 is 1.16 bits per heavy atom. The number of nitrogens with zero attached hydrogens (tertiary/aromatic N) is 3. The molecule has 0 aliphatic heterocycles. The Morgan fingerprint density at radius 2 is 1.91 bits per heavy atom. The highest BCUT2D eigenvalue weighted by Gasteiger charge is 2.18. The first-order valence-corrected chi connectivity index (χ1v) is 12.0. The molecule has 0 saturated heterocycles. The van der Waals surface area contributed by atoms with Gasteiger partial charge in [0.1, 0.15) is 0 Å². The van der Waals surface area contributed by atoms with Crippen LogP contribution in [0, 0.1) is 18.7 Å². The molecule has 0 amide bonds. The van der Waals surface area contributed by atoms with Crippen LogP contribution in [0.4, 0.5) is 4.39 Å². The normalized spacial score (nSPS) is 11.7. The van der Waals surface area contributed by atoms with E-state index in [0.717, 1.165) is 0 Å². The lowest BCUT2D eigenvalue weighted by Gasteiger charge is -2.12. The van der Waals surface area contributed by atoms with E-state index in [9.17, 15) is 17.6 Å². The van der Waals surface area contributed by atoms with Crippen LogP contribution < -0.4 is 10.3 Å². The summed E-state index contributed by atoms with van der Waals surface area (Å²) in [6, 6.07) is 8.86. The fourth-order valence-corrected chi connectivity index (χ4v) is 4.61. The third-order valence-electron chi connectivity index (χ3n) is 4.87. The van der Waals surface area contributed by atoms with Crippen LogP contribution >= 0.6 is 0 Å². The molecular formula is C23H26FN3O4S. The summed E-state index contributed by atoms with van der Waals surface area (Å²) in [6.07, 6.45) is 2.12. The van der Waals surface area contributed by atoms with Crippen LogP contribution in [-0.4, -0.2) is 28.7 Å². The maximum atomic E-state index is 14.3. The van der Waals surface area contributed by atoms with Crippen LogP contribution in [0.2, 0.25) is 0 Å². The molecule has 32 heavy (non-hydrogen) atoms. The van der Waals surface area contributed by atoms with Gasteiger partial charge in [-0.2, -0.15) is 9.97 Å². The van der Waals surface area contributed by atoms with Crippen molar-refractivity contribution in [2.75, 3.05) is 5.75 Å². The van der Waals surface area contributed by atoms with Crippen molar-refractivity contribution in [3.8, 4) is 23.0 Å². The van der Waals surface area contributed by atoms with Gasteiger partial charge in [0.2, 0.25) is 5.56 Å². The zero-order valence-corrected chi connectivity index (χ0v) is 19.3. The van der Waals surface area contributed by atoms with Gasteiger partial charge in [-0.15, -0.1) is 0 Å². The van der Waals surface area contributed by atoms with Gasteiger partial charge < -0.3 is 9.30 Å². The average molecular weight is 460 g/mol. The van der Waals surface area contributed by atoms with E-state index in [4.69, 9.17) is 4.74 Å². The van der Waals surface area contributed by atoms with E-state index in [1.54, 1.807) is 44.4 Å². The van der Waals surface area contributed by atoms with E-state index >= 15 is 0 Å². The number of hydrogen-bond acceptors (Lipinski definition) is 6. The van der Waals surface area contributed by atoms with Crippen molar-refractivity contribution in [1.82, 2.24) is 14.5 Å². The van der Waals surface area contributed by atoms with Crippen LogP contribution in [0.5, 0.6) is 11.8 Å².